The summed E-state index contributed by atoms with van der Waals surface area (Å²) in [5.74, 6) is 1.55. The highest BCUT2D eigenvalue weighted by atomic mass is 32.2. The Kier molecular flexibility index (Phi) is 6.24. The van der Waals surface area contributed by atoms with E-state index in [4.69, 9.17) is 0 Å². The Hall–Kier alpha value is -1.79. The third kappa shape index (κ3) is 5.73. The minimum absolute atomic E-state index is 0.189. The largest absolute Gasteiger partial charge is 0.351 e. The van der Waals surface area contributed by atoms with Crippen LogP contribution >= 0.6 is 11.8 Å². The monoisotopic (exact) mass is 349 g/mol. The zero-order chi connectivity index (χ0) is 16.7. The zero-order valence-electron chi connectivity index (χ0n) is 12.9. The number of sulfone groups is 1. The van der Waals surface area contributed by atoms with Crippen molar-refractivity contribution in [3.05, 3.63) is 65.7 Å². The summed E-state index contributed by atoms with van der Waals surface area (Å²) in [7, 11) is -3.23. The number of thioether (sulfide) groups is 1. The lowest BCUT2D eigenvalue weighted by atomic mass is 10.2. The Labute approximate surface area is 141 Å². The molecule has 0 saturated heterocycles. The highest BCUT2D eigenvalue weighted by Crippen LogP contribution is 2.12. The molecular formula is C17H19NO3S2. The minimum atomic E-state index is -3.23. The van der Waals surface area contributed by atoms with Crippen molar-refractivity contribution < 1.29 is 13.2 Å². The van der Waals surface area contributed by atoms with Crippen LogP contribution in [-0.2, 0) is 15.6 Å². The SMILES string of the molecule is CS(=O)(=O)c1ccc(C(=O)NCCSCc2ccccc2)cc1. The number of nitrogens with one attached hydrogen (secondary N) is 1. The van der Waals surface area contributed by atoms with Gasteiger partial charge in [-0.3, -0.25) is 4.79 Å². The van der Waals surface area contributed by atoms with Crippen LogP contribution in [0.5, 0.6) is 0 Å². The summed E-state index contributed by atoms with van der Waals surface area (Å²) in [6.45, 7) is 0.574. The molecule has 0 fully saturated rings. The van der Waals surface area contributed by atoms with Crippen molar-refractivity contribution in [3.8, 4) is 0 Å². The first kappa shape index (κ1) is 17.6. The number of rotatable bonds is 7. The first-order chi connectivity index (χ1) is 11.0. The van der Waals surface area contributed by atoms with Crippen LogP contribution in [0.25, 0.3) is 0 Å². The van der Waals surface area contributed by atoms with Crippen molar-refractivity contribution in [2.45, 2.75) is 10.6 Å². The van der Waals surface area contributed by atoms with Gasteiger partial charge in [0.1, 0.15) is 0 Å². The first-order valence-corrected chi connectivity index (χ1v) is 10.2. The number of hydrogen-bond donors (Lipinski definition) is 1. The quantitative estimate of drug-likeness (QED) is 0.781. The maximum Gasteiger partial charge on any atom is 0.251 e. The molecule has 0 aliphatic carbocycles. The highest BCUT2D eigenvalue weighted by molar-refractivity contribution is 7.98. The second-order valence-corrected chi connectivity index (χ2v) is 8.21. The molecule has 0 bridgehead atoms. The van der Waals surface area contributed by atoms with Crippen molar-refractivity contribution in [2.75, 3.05) is 18.6 Å². The maximum absolute atomic E-state index is 12.0. The summed E-state index contributed by atoms with van der Waals surface area (Å²) >= 11 is 1.76. The van der Waals surface area contributed by atoms with Crippen LogP contribution < -0.4 is 5.32 Å². The van der Waals surface area contributed by atoms with Crippen LogP contribution in [0.1, 0.15) is 15.9 Å². The van der Waals surface area contributed by atoms with Gasteiger partial charge in [-0.05, 0) is 29.8 Å². The lowest BCUT2D eigenvalue weighted by Gasteiger charge is -2.06. The fourth-order valence-electron chi connectivity index (χ4n) is 1.96. The fourth-order valence-corrected chi connectivity index (χ4v) is 3.41. The molecule has 0 radical (unpaired) electrons. The lowest BCUT2D eigenvalue weighted by Crippen LogP contribution is -2.25. The molecule has 0 aliphatic heterocycles. The molecule has 23 heavy (non-hydrogen) atoms. The molecule has 2 aromatic carbocycles. The van der Waals surface area contributed by atoms with Gasteiger partial charge in [0.15, 0.2) is 9.84 Å². The standard InChI is InChI=1S/C17H19NO3S2/c1-23(20,21)16-9-7-15(8-10-16)17(19)18-11-12-22-13-14-5-3-2-4-6-14/h2-10H,11-13H2,1H3,(H,18,19). The van der Waals surface area contributed by atoms with E-state index in [2.05, 4.69) is 17.4 Å². The molecule has 2 rings (SSSR count). The zero-order valence-corrected chi connectivity index (χ0v) is 14.5. The molecule has 4 nitrogen and oxygen atoms in total. The lowest BCUT2D eigenvalue weighted by molar-refractivity contribution is 0.0956. The first-order valence-electron chi connectivity index (χ1n) is 7.17. The van der Waals surface area contributed by atoms with Crippen molar-refractivity contribution in [2.24, 2.45) is 0 Å². The molecule has 0 saturated carbocycles. The van der Waals surface area contributed by atoms with Gasteiger partial charge in [-0.2, -0.15) is 11.8 Å². The Balaban J connectivity index is 1.74. The molecule has 0 spiro atoms. The average molecular weight is 349 g/mol. The van der Waals surface area contributed by atoms with Gasteiger partial charge >= 0.3 is 0 Å². The van der Waals surface area contributed by atoms with Crippen LogP contribution in [0.2, 0.25) is 0 Å². The number of benzene rings is 2. The summed E-state index contributed by atoms with van der Waals surface area (Å²) < 4.78 is 22.7. The van der Waals surface area contributed by atoms with Crippen molar-refractivity contribution in [1.29, 1.82) is 0 Å². The summed E-state index contributed by atoms with van der Waals surface area (Å²) in [6, 6.07) is 16.1. The molecule has 1 N–H and O–H groups in total. The molecule has 2 aromatic rings. The Bertz CT molecular complexity index is 741. The van der Waals surface area contributed by atoms with E-state index in [1.54, 1.807) is 11.8 Å². The van der Waals surface area contributed by atoms with Gasteiger partial charge in [0.05, 0.1) is 4.90 Å². The molecule has 1 amide bonds. The number of hydrogen-bond acceptors (Lipinski definition) is 4. The van der Waals surface area contributed by atoms with Gasteiger partial charge in [-0.1, -0.05) is 30.3 Å². The van der Waals surface area contributed by atoms with Crippen molar-refractivity contribution in [3.63, 3.8) is 0 Å². The van der Waals surface area contributed by atoms with E-state index in [0.29, 0.717) is 12.1 Å². The molecule has 0 atom stereocenters. The number of carbonyl (C=O) groups excluding carboxylic acids is 1. The van der Waals surface area contributed by atoms with Gasteiger partial charge in [0, 0.05) is 29.9 Å². The fraction of sp³-hybridized carbons (Fsp3) is 0.235. The minimum Gasteiger partial charge on any atom is -0.351 e. The van der Waals surface area contributed by atoms with Crippen LogP contribution in [0, 0.1) is 0 Å². The normalized spacial score (nSPS) is 11.2. The van der Waals surface area contributed by atoms with Crippen LogP contribution in [-0.4, -0.2) is 32.9 Å². The van der Waals surface area contributed by atoms with Gasteiger partial charge in [0.2, 0.25) is 0 Å². The third-order valence-electron chi connectivity index (χ3n) is 3.19. The van der Waals surface area contributed by atoms with Gasteiger partial charge < -0.3 is 5.32 Å². The maximum atomic E-state index is 12.0. The Morgan fingerprint density at radius 3 is 2.30 bits per heavy atom. The van der Waals surface area contributed by atoms with E-state index in [0.717, 1.165) is 17.8 Å². The predicted molar refractivity (Wildman–Crippen MR) is 94.5 cm³/mol. The molecule has 0 aliphatic rings. The van der Waals surface area contributed by atoms with E-state index in [-0.39, 0.29) is 10.8 Å². The number of carbonyl (C=O) groups is 1. The molecule has 0 aromatic heterocycles. The van der Waals surface area contributed by atoms with Crippen LogP contribution in [0.4, 0.5) is 0 Å². The Morgan fingerprint density at radius 1 is 1.04 bits per heavy atom. The summed E-state index contributed by atoms with van der Waals surface area (Å²) in [5, 5.41) is 2.83. The molecule has 6 heteroatoms. The van der Waals surface area contributed by atoms with Gasteiger partial charge in [-0.15, -0.1) is 0 Å². The van der Waals surface area contributed by atoms with Crippen molar-refractivity contribution >= 4 is 27.5 Å². The van der Waals surface area contributed by atoms with Crippen LogP contribution in [0.15, 0.2) is 59.5 Å². The summed E-state index contributed by atoms with van der Waals surface area (Å²) in [5.41, 5.74) is 1.73. The molecule has 0 unspecified atom stereocenters. The van der Waals surface area contributed by atoms with E-state index in [1.165, 1.54) is 29.8 Å². The highest BCUT2D eigenvalue weighted by Gasteiger charge is 2.09. The smallest absolute Gasteiger partial charge is 0.251 e. The van der Waals surface area contributed by atoms with E-state index in [9.17, 15) is 13.2 Å². The molecule has 0 heterocycles. The van der Waals surface area contributed by atoms with Crippen molar-refractivity contribution in [1.82, 2.24) is 5.32 Å². The van der Waals surface area contributed by atoms with Crippen LogP contribution in [0.3, 0.4) is 0 Å². The summed E-state index contributed by atoms with van der Waals surface area (Å²) in [6.07, 6.45) is 1.14. The molecular weight excluding hydrogens is 330 g/mol. The second-order valence-electron chi connectivity index (χ2n) is 5.09. The van der Waals surface area contributed by atoms with E-state index >= 15 is 0 Å². The summed E-state index contributed by atoms with van der Waals surface area (Å²) in [4.78, 5) is 12.2. The molecule has 122 valence electrons. The van der Waals surface area contributed by atoms with E-state index in [1.807, 2.05) is 18.2 Å². The number of amides is 1. The van der Waals surface area contributed by atoms with E-state index < -0.39 is 9.84 Å². The van der Waals surface area contributed by atoms with Gasteiger partial charge in [0.25, 0.3) is 5.91 Å². The third-order valence-corrected chi connectivity index (χ3v) is 5.35. The second kappa shape index (κ2) is 8.17. The topological polar surface area (TPSA) is 63.2 Å². The predicted octanol–water partition coefficient (Wildman–Crippen LogP) is 2.75. The Morgan fingerprint density at radius 2 is 1.70 bits per heavy atom. The average Bonchev–Trinajstić information content (AvgIpc) is 2.54. The van der Waals surface area contributed by atoms with Gasteiger partial charge in [-0.25, -0.2) is 8.42 Å².